The summed E-state index contributed by atoms with van der Waals surface area (Å²) < 4.78 is 11.2. The zero-order valence-corrected chi connectivity index (χ0v) is 11.6. The van der Waals surface area contributed by atoms with Gasteiger partial charge in [0, 0.05) is 0 Å². The van der Waals surface area contributed by atoms with E-state index in [-0.39, 0.29) is 12.6 Å². The van der Waals surface area contributed by atoms with Crippen molar-refractivity contribution in [1.29, 1.82) is 0 Å². The number of rotatable bonds is 5. The van der Waals surface area contributed by atoms with Gasteiger partial charge in [-0.1, -0.05) is 11.6 Å². The molecule has 19 heavy (non-hydrogen) atoms. The lowest BCUT2D eigenvalue weighted by atomic mass is 10.2. The predicted octanol–water partition coefficient (Wildman–Crippen LogP) is 3.51. The summed E-state index contributed by atoms with van der Waals surface area (Å²) in [6.45, 7) is 0.244. The molecule has 5 heteroatoms. The lowest BCUT2D eigenvalue weighted by Gasteiger charge is -2.17. The van der Waals surface area contributed by atoms with Crippen molar-refractivity contribution in [1.82, 2.24) is 0 Å². The summed E-state index contributed by atoms with van der Waals surface area (Å²) in [6.07, 6.45) is 6.22. The lowest BCUT2D eigenvalue weighted by Crippen LogP contribution is -2.12. The summed E-state index contributed by atoms with van der Waals surface area (Å²) in [6, 6.07) is 3.55. The van der Waals surface area contributed by atoms with E-state index in [2.05, 4.69) is 4.99 Å². The quantitative estimate of drug-likeness (QED) is 0.613. The van der Waals surface area contributed by atoms with E-state index in [1.54, 1.807) is 13.2 Å². The van der Waals surface area contributed by atoms with E-state index in [1.165, 1.54) is 18.9 Å². The van der Waals surface area contributed by atoms with Gasteiger partial charge in [-0.05, 0) is 43.4 Å². The molecule has 2 rings (SSSR count). The van der Waals surface area contributed by atoms with E-state index >= 15 is 0 Å². The Hall–Kier alpha value is -1.51. The van der Waals surface area contributed by atoms with Crippen LogP contribution in [-0.4, -0.2) is 19.3 Å². The van der Waals surface area contributed by atoms with Gasteiger partial charge in [0.2, 0.25) is 6.08 Å². The minimum absolute atomic E-state index is 0.217. The number of methoxy groups -OCH3 is 1. The highest BCUT2D eigenvalue weighted by molar-refractivity contribution is 6.32. The maximum Gasteiger partial charge on any atom is 0.235 e. The Morgan fingerprint density at radius 3 is 2.79 bits per heavy atom. The highest BCUT2D eigenvalue weighted by Crippen LogP contribution is 2.38. The Labute approximate surface area is 117 Å². The summed E-state index contributed by atoms with van der Waals surface area (Å²) >= 11 is 6.15. The van der Waals surface area contributed by atoms with Crippen LogP contribution in [0.1, 0.15) is 31.2 Å². The van der Waals surface area contributed by atoms with Crippen LogP contribution in [0.15, 0.2) is 17.1 Å². The molecule has 0 radical (unpaired) electrons. The Balaban J connectivity index is 2.26. The van der Waals surface area contributed by atoms with Crippen molar-refractivity contribution >= 4 is 17.7 Å². The first-order chi connectivity index (χ1) is 9.24. The van der Waals surface area contributed by atoms with Crippen molar-refractivity contribution in [2.75, 3.05) is 7.11 Å². The van der Waals surface area contributed by atoms with Gasteiger partial charge in [0.25, 0.3) is 0 Å². The molecule has 1 aliphatic carbocycles. The normalized spacial score (nSPS) is 15.1. The van der Waals surface area contributed by atoms with Crippen LogP contribution in [0.25, 0.3) is 0 Å². The van der Waals surface area contributed by atoms with Crippen LogP contribution >= 0.6 is 11.6 Å². The SMILES string of the molecule is COc1c(Cl)cc(CN=C=O)cc1OC1CCCC1. The van der Waals surface area contributed by atoms with E-state index in [9.17, 15) is 4.79 Å². The highest BCUT2D eigenvalue weighted by atomic mass is 35.5. The molecule has 0 bridgehead atoms. The van der Waals surface area contributed by atoms with Crippen LogP contribution in [0.2, 0.25) is 5.02 Å². The summed E-state index contributed by atoms with van der Waals surface area (Å²) in [4.78, 5) is 13.7. The molecule has 0 atom stereocenters. The fraction of sp³-hybridized carbons (Fsp3) is 0.500. The number of ether oxygens (including phenoxy) is 2. The standard InChI is InChI=1S/C14H16ClNO3/c1-18-14-12(15)6-10(8-16-9-17)7-13(14)19-11-4-2-3-5-11/h6-7,11H,2-5,8H2,1H3. The molecule has 1 aliphatic rings. The molecule has 0 aliphatic heterocycles. The van der Waals surface area contributed by atoms with Crippen molar-refractivity contribution in [2.45, 2.75) is 38.3 Å². The summed E-state index contributed by atoms with van der Waals surface area (Å²) in [5.74, 6) is 1.16. The maximum atomic E-state index is 10.2. The number of hydrogen-bond donors (Lipinski definition) is 0. The van der Waals surface area contributed by atoms with Gasteiger partial charge in [0.05, 0.1) is 24.8 Å². The Morgan fingerprint density at radius 1 is 1.42 bits per heavy atom. The van der Waals surface area contributed by atoms with Crippen LogP contribution in [0, 0.1) is 0 Å². The van der Waals surface area contributed by atoms with E-state index < -0.39 is 0 Å². The third-order valence-electron chi connectivity index (χ3n) is 3.20. The monoisotopic (exact) mass is 281 g/mol. The van der Waals surface area contributed by atoms with Gasteiger partial charge < -0.3 is 9.47 Å². The maximum absolute atomic E-state index is 10.2. The fourth-order valence-electron chi connectivity index (χ4n) is 2.31. The lowest BCUT2D eigenvalue weighted by molar-refractivity contribution is 0.200. The number of carbonyl (C=O) groups excluding carboxylic acids is 1. The number of hydrogen-bond acceptors (Lipinski definition) is 4. The molecular formula is C14H16ClNO3. The van der Waals surface area contributed by atoms with Crippen LogP contribution in [0.4, 0.5) is 0 Å². The minimum atomic E-state index is 0.217. The van der Waals surface area contributed by atoms with Gasteiger partial charge in [0.1, 0.15) is 0 Å². The molecule has 102 valence electrons. The highest BCUT2D eigenvalue weighted by Gasteiger charge is 2.20. The molecule has 0 unspecified atom stereocenters. The van der Waals surface area contributed by atoms with Gasteiger partial charge in [-0.3, -0.25) is 0 Å². The molecule has 0 amide bonds. The first-order valence-electron chi connectivity index (χ1n) is 6.31. The van der Waals surface area contributed by atoms with Crippen molar-refractivity contribution < 1.29 is 14.3 Å². The molecule has 1 aromatic rings. The van der Waals surface area contributed by atoms with E-state index in [4.69, 9.17) is 21.1 Å². The minimum Gasteiger partial charge on any atom is -0.491 e. The second kappa shape index (κ2) is 6.60. The third kappa shape index (κ3) is 3.49. The smallest absolute Gasteiger partial charge is 0.235 e. The predicted molar refractivity (Wildman–Crippen MR) is 72.7 cm³/mol. The van der Waals surface area contributed by atoms with Crippen LogP contribution < -0.4 is 9.47 Å². The molecule has 1 fully saturated rings. The van der Waals surface area contributed by atoms with Crippen molar-refractivity contribution in [3.63, 3.8) is 0 Å². The molecular weight excluding hydrogens is 266 g/mol. The number of benzene rings is 1. The number of halogens is 1. The molecule has 1 aromatic carbocycles. The molecule has 0 spiro atoms. The number of aliphatic imine (C=N–C) groups is 1. The van der Waals surface area contributed by atoms with Crippen LogP contribution in [-0.2, 0) is 11.3 Å². The van der Waals surface area contributed by atoms with Gasteiger partial charge in [-0.2, -0.15) is 0 Å². The zero-order valence-electron chi connectivity index (χ0n) is 10.8. The number of isocyanates is 1. The van der Waals surface area contributed by atoms with Crippen molar-refractivity contribution in [2.24, 2.45) is 4.99 Å². The average Bonchev–Trinajstić information content (AvgIpc) is 2.89. The second-order valence-corrected chi connectivity index (χ2v) is 4.95. The largest absolute Gasteiger partial charge is 0.491 e. The van der Waals surface area contributed by atoms with Crippen molar-refractivity contribution in [3.8, 4) is 11.5 Å². The van der Waals surface area contributed by atoms with E-state index in [1.807, 2.05) is 6.07 Å². The molecule has 4 nitrogen and oxygen atoms in total. The molecule has 0 aromatic heterocycles. The van der Waals surface area contributed by atoms with Crippen LogP contribution in [0.5, 0.6) is 11.5 Å². The van der Waals surface area contributed by atoms with Gasteiger partial charge >= 0.3 is 0 Å². The zero-order chi connectivity index (χ0) is 13.7. The molecule has 1 saturated carbocycles. The average molecular weight is 282 g/mol. The Morgan fingerprint density at radius 2 is 2.16 bits per heavy atom. The summed E-state index contributed by atoms with van der Waals surface area (Å²) in [5.41, 5.74) is 0.808. The summed E-state index contributed by atoms with van der Waals surface area (Å²) in [7, 11) is 1.56. The second-order valence-electron chi connectivity index (χ2n) is 4.54. The first-order valence-corrected chi connectivity index (χ1v) is 6.69. The number of nitrogens with zero attached hydrogens (tertiary/aromatic N) is 1. The fourth-order valence-corrected chi connectivity index (χ4v) is 2.62. The topological polar surface area (TPSA) is 47.9 Å². The Kier molecular flexibility index (Phi) is 4.83. The summed E-state index contributed by atoms with van der Waals surface area (Å²) in [5, 5.41) is 0.467. The van der Waals surface area contributed by atoms with Crippen LogP contribution in [0.3, 0.4) is 0 Å². The molecule has 0 saturated heterocycles. The van der Waals surface area contributed by atoms with Gasteiger partial charge in [0.15, 0.2) is 11.5 Å². The first kappa shape index (κ1) is 13.9. The Bertz CT molecular complexity index is 492. The third-order valence-corrected chi connectivity index (χ3v) is 3.48. The van der Waals surface area contributed by atoms with Gasteiger partial charge in [-0.25, -0.2) is 9.79 Å². The molecule has 0 N–H and O–H groups in total. The van der Waals surface area contributed by atoms with E-state index in [0.717, 1.165) is 18.4 Å². The van der Waals surface area contributed by atoms with E-state index in [0.29, 0.717) is 16.5 Å². The van der Waals surface area contributed by atoms with Crippen molar-refractivity contribution in [3.05, 3.63) is 22.7 Å². The molecule has 0 heterocycles. The van der Waals surface area contributed by atoms with Gasteiger partial charge in [-0.15, -0.1) is 0 Å².